The molecule has 0 N–H and O–H groups in total. The molecule has 240 valence electrons. The second-order valence-electron chi connectivity index (χ2n) is 13.6. The van der Waals surface area contributed by atoms with Gasteiger partial charge in [0.2, 0.25) is 0 Å². The van der Waals surface area contributed by atoms with Crippen molar-refractivity contribution in [3.05, 3.63) is 58.7 Å². The van der Waals surface area contributed by atoms with E-state index >= 15 is 0 Å². The molecule has 9 nitrogen and oxygen atoms in total. The van der Waals surface area contributed by atoms with Crippen molar-refractivity contribution in [1.29, 1.82) is 0 Å². The smallest absolute Gasteiger partial charge is 0.410 e. The first-order valence-electron chi connectivity index (χ1n) is 15.6. The zero-order chi connectivity index (χ0) is 32.2. The number of hydrogen-bond donors (Lipinski definition) is 0. The molecule has 2 fully saturated rings. The first kappa shape index (κ1) is 33.1. The minimum atomic E-state index is -0.649. The Balaban J connectivity index is 1.80. The number of carbonyl (C=O) groups is 3. The molecule has 2 aromatic rings. The quantitative estimate of drug-likeness (QED) is 0.308. The fraction of sp³-hybridized carbons (Fsp3) is 0.571. The van der Waals surface area contributed by atoms with E-state index in [-0.39, 0.29) is 17.9 Å². The van der Waals surface area contributed by atoms with Crippen LogP contribution in [0.2, 0.25) is 0 Å². The molecule has 2 aromatic carbocycles. The van der Waals surface area contributed by atoms with Gasteiger partial charge in [-0.2, -0.15) is 0 Å². The van der Waals surface area contributed by atoms with Gasteiger partial charge in [0.25, 0.3) is 0 Å². The van der Waals surface area contributed by atoms with Crippen LogP contribution >= 0.6 is 0 Å². The van der Waals surface area contributed by atoms with E-state index in [4.69, 9.17) is 18.9 Å². The zero-order valence-corrected chi connectivity index (χ0v) is 27.5. The van der Waals surface area contributed by atoms with E-state index in [0.717, 1.165) is 25.7 Å². The van der Waals surface area contributed by atoms with Gasteiger partial charge in [0, 0.05) is 24.2 Å². The Morgan fingerprint density at radius 1 is 0.636 bits per heavy atom. The van der Waals surface area contributed by atoms with E-state index in [1.165, 1.54) is 0 Å². The molecule has 4 rings (SSSR count). The minimum absolute atomic E-state index is 0.190. The molecule has 2 saturated heterocycles. The van der Waals surface area contributed by atoms with Crippen LogP contribution < -0.4 is 9.47 Å². The maximum Gasteiger partial charge on any atom is 0.410 e. The average Bonchev–Trinajstić information content (AvgIpc) is 2.98. The van der Waals surface area contributed by atoms with Gasteiger partial charge in [0.15, 0.2) is 5.78 Å². The number of ketones is 1. The number of benzene rings is 2. The van der Waals surface area contributed by atoms with Crippen molar-refractivity contribution >= 4 is 18.0 Å². The van der Waals surface area contributed by atoms with Crippen LogP contribution in [0.25, 0.3) is 0 Å². The fourth-order valence-corrected chi connectivity index (χ4v) is 6.03. The van der Waals surface area contributed by atoms with Crippen molar-refractivity contribution in [2.45, 2.75) is 103 Å². The van der Waals surface area contributed by atoms with Gasteiger partial charge in [-0.15, -0.1) is 0 Å². The van der Waals surface area contributed by atoms with Gasteiger partial charge in [0.1, 0.15) is 22.7 Å². The summed E-state index contributed by atoms with van der Waals surface area (Å²) in [5.41, 5.74) is 1.10. The van der Waals surface area contributed by atoms with Gasteiger partial charge >= 0.3 is 12.2 Å². The second kappa shape index (κ2) is 13.5. The summed E-state index contributed by atoms with van der Waals surface area (Å²) < 4.78 is 22.7. The molecule has 0 radical (unpaired) electrons. The summed E-state index contributed by atoms with van der Waals surface area (Å²) in [6.07, 6.45) is 4.12. The highest BCUT2D eigenvalue weighted by Crippen LogP contribution is 2.40. The third kappa shape index (κ3) is 7.85. The fourth-order valence-electron chi connectivity index (χ4n) is 6.03. The third-order valence-electron chi connectivity index (χ3n) is 7.99. The van der Waals surface area contributed by atoms with E-state index < -0.39 is 23.4 Å². The first-order valence-corrected chi connectivity index (χ1v) is 15.6. The second-order valence-corrected chi connectivity index (χ2v) is 13.6. The summed E-state index contributed by atoms with van der Waals surface area (Å²) in [5.74, 6) is 1.01. The molecule has 2 aliphatic heterocycles. The van der Waals surface area contributed by atoms with Gasteiger partial charge in [-0.1, -0.05) is 0 Å². The predicted molar refractivity (Wildman–Crippen MR) is 168 cm³/mol. The molecule has 0 spiro atoms. The number of likely N-dealkylation sites (tertiary alicyclic amines) is 2. The number of nitrogens with zero attached hydrogens (tertiary/aromatic N) is 2. The Kier molecular flexibility index (Phi) is 10.2. The molecule has 0 aliphatic carbocycles. The maximum atomic E-state index is 14.6. The molecule has 9 heteroatoms. The molecule has 2 unspecified atom stereocenters. The van der Waals surface area contributed by atoms with E-state index in [0.29, 0.717) is 59.7 Å². The standard InChI is InChI=1S/C35H48N2O7/c1-34(2,3)43-32(39)36-19-11-9-13-29(36)27-21-23(41-7)15-17-25(27)31(38)26-18-16-24(42-8)22-28(26)30-14-10-12-20-37(30)33(40)44-35(4,5)6/h15-18,21-22,29-30H,9-14,19-20H2,1-8H3. The SMILES string of the molecule is COc1ccc(C(=O)c2ccc(OC)cc2C2CCCCN2C(=O)OC(C)(C)C)c(C2CCCCN2C(=O)OC(C)(C)C)c1. The first-order chi connectivity index (χ1) is 20.7. The summed E-state index contributed by atoms with van der Waals surface area (Å²) in [6, 6.07) is 10.1. The predicted octanol–water partition coefficient (Wildman–Crippen LogP) is 7.86. The minimum Gasteiger partial charge on any atom is -0.497 e. The molecular weight excluding hydrogens is 560 g/mol. The van der Waals surface area contributed by atoms with E-state index in [1.807, 2.05) is 53.7 Å². The number of hydrogen-bond acceptors (Lipinski definition) is 7. The van der Waals surface area contributed by atoms with Crippen LogP contribution in [0.5, 0.6) is 11.5 Å². The monoisotopic (exact) mass is 608 g/mol. The number of carbonyl (C=O) groups excluding carboxylic acids is 3. The van der Waals surface area contributed by atoms with Crippen LogP contribution in [0.4, 0.5) is 9.59 Å². The van der Waals surface area contributed by atoms with Crippen LogP contribution in [-0.2, 0) is 9.47 Å². The Morgan fingerprint density at radius 2 is 1.02 bits per heavy atom. The molecule has 2 amide bonds. The Labute approximate surface area is 261 Å². The van der Waals surface area contributed by atoms with Gasteiger partial charge in [0.05, 0.1) is 26.3 Å². The Morgan fingerprint density at radius 3 is 1.36 bits per heavy atom. The molecular formula is C35H48N2O7. The van der Waals surface area contributed by atoms with Gasteiger partial charge in [-0.25, -0.2) is 9.59 Å². The topological polar surface area (TPSA) is 94.6 Å². The van der Waals surface area contributed by atoms with Crippen molar-refractivity contribution in [1.82, 2.24) is 9.80 Å². The number of piperidine rings is 2. The molecule has 0 saturated carbocycles. The number of amides is 2. The van der Waals surface area contributed by atoms with Crippen molar-refractivity contribution in [2.24, 2.45) is 0 Å². The van der Waals surface area contributed by atoms with Crippen LogP contribution in [0.3, 0.4) is 0 Å². The highest BCUT2D eigenvalue weighted by Gasteiger charge is 2.37. The van der Waals surface area contributed by atoms with E-state index in [1.54, 1.807) is 48.3 Å². The van der Waals surface area contributed by atoms with Gasteiger partial charge < -0.3 is 28.7 Å². The van der Waals surface area contributed by atoms with Crippen molar-refractivity contribution in [3.63, 3.8) is 0 Å². The molecule has 2 heterocycles. The van der Waals surface area contributed by atoms with Crippen molar-refractivity contribution in [3.8, 4) is 11.5 Å². The molecule has 2 atom stereocenters. The number of ether oxygens (including phenoxy) is 4. The highest BCUT2D eigenvalue weighted by atomic mass is 16.6. The van der Waals surface area contributed by atoms with Crippen LogP contribution in [-0.4, -0.2) is 66.3 Å². The molecule has 2 aliphatic rings. The summed E-state index contributed by atoms with van der Waals surface area (Å²) in [7, 11) is 3.17. The zero-order valence-electron chi connectivity index (χ0n) is 27.5. The Hall–Kier alpha value is -3.75. The van der Waals surface area contributed by atoms with Gasteiger partial charge in [-0.05, 0) is 128 Å². The van der Waals surface area contributed by atoms with Crippen molar-refractivity contribution < 1.29 is 33.3 Å². The van der Waals surface area contributed by atoms with Gasteiger partial charge in [-0.3, -0.25) is 4.79 Å². The summed E-state index contributed by atoms with van der Waals surface area (Å²) in [5, 5.41) is 0. The lowest BCUT2D eigenvalue weighted by molar-refractivity contribution is 0.00854. The van der Waals surface area contributed by atoms with Crippen LogP contribution in [0.15, 0.2) is 36.4 Å². The Bertz CT molecular complexity index is 1260. The largest absolute Gasteiger partial charge is 0.497 e. The molecule has 0 aromatic heterocycles. The lowest BCUT2D eigenvalue weighted by Gasteiger charge is -2.38. The molecule has 44 heavy (non-hydrogen) atoms. The summed E-state index contributed by atoms with van der Waals surface area (Å²) >= 11 is 0. The summed E-state index contributed by atoms with van der Waals surface area (Å²) in [4.78, 5) is 44.8. The number of rotatable bonds is 6. The number of methoxy groups -OCH3 is 2. The van der Waals surface area contributed by atoms with Crippen LogP contribution in [0.1, 0.15) is 119 Å². The summed E-state index contributed by atoms with van der Waals surface area (Å²) in [6.45, 7) is 12.2. The van der Waals surface area contributed by atoms with Crippen molar-refractivity contribution in [2.75, 3.05) is 27.3 Å². The highest BCUT2D eigenvalue weighted by molar-refractivity contribution is 6.11. The molecule has 0 bridgehead atoms. The maximum absolute atomic E-state index is 14.6. The van der Waals surface area contributed by atoms with E-state index in [2.05, 4.69) is 0 Å². The van der Waals surface area contributed by atoms with Crippen LogP contribution in [0, 0.1) is 0 Å². The average molecular weight is 609 g/mol. The normalized spacial score (nSPS) is 19.3. The third-order valence-corrected chi connectivity index (χ3v) is 7.99. The lowest BCUT2D eigenvalue weighted by atomic mass is 9.85. The lowest BCUT2D eigenvalue weighted by Crippen LogP contribution is -2.42. The van der Waals surface area contributed by atoms with E-state index in [9.17, 15) is 14.4 Å².